The number of hydrogen-bond donors (Lipinski definition) is 1. The van der Waals surface area contributed by atoms with Gasteiger partial charge in [0.2, 0.25) is 5.95 Å². The minimum absolute atomic E-state index is 0.177. The number of carbonyl (C=O) groups is 1. The summed E-state index contributed by atoms with van der Waals surface area (Å²) in [7, 11) is 0. The van der Waals surface area contributed by atoms with Crippen molar-refractivity contribution in [2.45, 2.75) is 50.5 Å². The Balaban J connectivity index is 1.39. The molecule has 1 saturated heterocycles. The molecular weight excluding hydrogens is 463 g/mol. The van der Waals surface area contributed by atoms with E-state index >= 15 is 0 Å². The van der Waals surface area contributed by atoms with Gasteiger partial charge in [0.05, 0.1) is 11.3 Å². The third-order valence-corrected chi connectivity index (χ3v) is 8.04. The fourth-order valence-corrected chi connectivity index (χ4v) is 6.10. The van der Waals surface area contributed by atoms with Crippen molar-refractivity contribution in [3.8, 4) is 0 Å². The van der Waals surface area contributed by atoms with Crippen molar-refractivity contribution in [2.24, 2.45) is 0 Å². The van der Waals surface area contributed by atoms with Crippen LogP contribution >= 0.6 is 0 Å². The predicted molar refractivity (Wildman–Crippen MR) is 144 cm³/mol. The van der Waals surface area contributed by atoms with Crippen molar-refractivity contribution < 1.29 is 9.18 Å². The molecule has 37 heavy (non-hydrogen) atoms. The van der Waals surface area contributed by atoms with Gasteiger partial charge in [-0.3, -0.25) is 4.79 Å². The fraction of sp³-hybridized carbons (Fsp3) is 0.323. The average molecular weight is 495 g/mol. The molecule has 188 valence electrons. The number of rotatable bonds is 6. The highest BCUT2D eigenvalue weighted by Crippen LogP contribution is 2.47. The Morgan fingerprint density at radius 2 is 1.65 bits per heavy atom. The van der Waals surface area contributed by atoms with Gasteiger partial charge in [-0.25, -0.2) is 14.4 Å². The van der Waals surface area contributed by atoms with Crippen molar-refractivity contribution in [3.63, 3.8) is 0 Å². The van der Waals surface area contributed by atoms with E-state index in [1.165, 1.54) is 12.1 Å². The van der Waals surface area contributed by atoms with Crippen molar-refractivity contribution in [1.82, 2.24) is 15.3 Å². The van der Waals surface area contributed by atoms with E-state index in [0.29, 0.717) is 18.1 Å². The first-order chi connectivity index (χ1) is 18.1. The molecule has 1 aliphatic carbocycles. The highest BCUT2D eigenvalue weighted by Gasteiger charge is 2.42. The molecule has 2 fully saturated rings. The monoisotopic (exact) mass is 494 g/mol. The Labute approximate surface area is 216 Å². The van der Waals surface area contributed by atoms with Crippen molar-refractivity contribution in [1.29, 1.82) is 0 Å². The van der Waals surface area contributed by atoms with Gasteiger partial charge in [0.15, 0.2) is 0 Å². The standard InChI is InChI=1S/C31H31FN4O/c32-25-14-12-24(13-15-25)31(16-3-4-17-31)28-27(21-34-30(35-28)36-18-5-6-19-36)29(37)33-20-23-10-7-9-22-8-1-2-11-26(22)23/h1-2,7-15,21H,3-6,16-20H2,(H,33,37). The van der Waals surface area contributed by atoms with E-state index in [1.807, 2.05) is 36.4 Å². The summed E-state index contributed by atoms with van der Waals surface area (Å²) in [6.45, 7) is 2.27. The molecule has 0 radical (unpaired) electrons. The zero-order valence-electron chi connectivity index (χ0n) is 20.9. The summed E-state index contributed by atoms with van der Waals surface area (Å²) in [6, 6.07) is 21.1. The summed E-state index contributed by atoms with van der Waals surface area (Å²) < 4.78 is 13.9. The molecule has 1 saturated carbocycles. The Morgan fingerprint density at radius 3 is 2.43 bits per heavy atom. The number of nitrogens with zero attached hydrogens (tertiary/aromatic N) is 3. The van der Waals surface area contributed by atoms with Gasteiger partial charge in [-0.15, -0.1) is 0 Å². The van der Waals surface area contributed by atoms with Crippen LogP contribution in [-0.4, -0.2) is 29.0 Å². The van der Waals surface area contributed by atoms with Crippen LogP contribution < -0.4 is 10.2 Å². The van der Waals surface area contributed by atoms with Crippen LogP contribution in [0, 0.1) is 5.82 Å². The van der Waals surface area contributed by atoms with Crippen LogP contribution in [0.4, 0.5) is 10.3 Å². The van der Waals surface area contributed by atoms with Gasteiger partial charge in [0, 0.05) is 31.2 Å². The Bertz CT molecular complexity index is 1420. The van der Waals surface area contributed by atoms with E-state index in [4.69, 9.17) is 4.98 Å². The summed E-state index contributed by atoms with van der Waals surface area (Å²) in [5.41, 5.74) is 2.92. The summed E-state index contributed by atoms with van der Waals surface area (Å²) in [6.07, 6.45) is 7.77. The Hall–Kier alpha value is -3.80. The van der Waals surface area contributed by atoms with Crippen LogP contribution in [0.25, 0.3) is 10.8 Å². The lowest BCUT2D eigenvalue weighted by Crippen LogP contribution is -2.33. The molecular formula is C31H31FN4O. The molecule has 0 atom stereocenters. The SMILES string of the molecule is O=C(NCc1cccc2ccccc12)c1cnc(N2CCCC2)nc1C1(c2ccc(F)cc2)CCCC1. The number of carbonyl (C=O) groups excluding carboxylic acids is 1. The molecule has 1 N–H and O–H groups in total. The van der Waals surface area contributed by atoms with Crippen molar-refractivity contribution in [2.75, 3.05) is 18.0 Å². The first-order valence-corrected chi connectivity index (χ1v) is 13.3. The maximum Gasteiger partial charge on any atom is 0.255 e. The summed E-state index contributed by atoms with van der Waals surface area (Å²) in [5, 5.41) is 5.42. The molecule has 0 spiro atoms. The highest BCUT2D eigenvalue weighted by atomic mass is 19.1. The number of hydrogen-bond acceptors (Lipinski definition) is 4. The van der Waals surface area contributed by atoms with Crippen LogP contribution in [0.3, 0.4) is 0 Å². The molecule has 6 rings (SSSR count). The first-order valence-electron chi connectivity index (χ1n) is 13.3. The molecule has 4 aromatic rings. The molecule has 1 amide bonds. The van der Waals surface area contributed by atoms with Crippen LogP contribution in [0.1, 0.15) is 65.7 Å². The van der Waals surface area contributed by atoms with Gasteiger partial charge in [-0.05, 0) is 59.7 Å². The third kappa shape index (κ3) is 4.45. The van der Waals surface area contributed by atoms with Gasteiger partial charge in [0.25, 0.3) is 5.91 Å². The number of nitrogens with one attached hydrogen (secondary N) is 1. The second-order valence-corrected chi connectivity index (χ2v) is 10.2. The first kappa shape index (κ1) is 23.6. The van der Waals surface area contributed by atoms with Crippen LogP contribution in [0.5, 0.6) is 0 Å². The summed E-state index contributed by atoms with van der Waals surface area (Å²) >= 11 is 0. The molecule has 2 heterocycles. The normalized spacial score (nSPS) is 16.8. The van der Waals surface area contributed by atoms with E-state index < -0.39 is 5.41 Å². The van der Waals surface area contributed by atoms with Crippen LogP contribution in [0.2, 0.25) is 0 Å². The van der Waals surface area contributed by atoms with Gasteiger partial charge in [-0.1, -0.05) is 67.4 Å². The lowest BCUT2D eigenvalue weighted by Gasteiger charge is -2.32. The topological polar surface area (TPSA) is 58.1 Å². The molecule has 3 aromatic carbocycles. The molecule has 0 unspecified atom stereocenters. The van der Waals surface area contributed by atoms with E-state index in [9.17, 15) is 9.18 Å². The zero-order chi connectivity index (χ0) is 25.2. The molecule has 6 heteroatoms. The lowest BCUT2D eigenvalue weighted by atomic mass is 9.74. The summed E-state index contributed by atoms with van der Waals surface area (Å²) in [5.74, 6) is 0.251. The van der Waals surface area contributed by atoms with E-state index in [2.05, 4.69) is 33.4 Å². The number of benzene rings is 3. The lowest BCUT2D eigenvalue weighted by molar-refractivity contribution is 0.0948. The van der Waals surface area contributed by atoms with Crippen LogP contribution in [0.15, 0.2) is 72.9 Å². The largest absolute Gasteiger partial charge is 0.348 e. The Kier molecular flexibility index (Phi) is 6.33. The third-order valence-electron chi connectivity index (χ3n) is 8.04. The zero-order valence-corrected chi connectivity index (χ0v) is 20.9. The smallest absolute Gasteiger partial charge is 0.255 e. The Morgan fingerprint density at radius 1 is 0.919 bits per heavy atom. The van der Waals surface area contributed by atoms with Crippen molar-refractivity contribution in [3.05, 3.63) is 101 Å². The fourth-order valence-electron chi connectivity index (χ4n) is 6.10. The number of fused-ring (bicyclic) bond motifs is 1. The molecule has 1 aromatic heterocycles. The van der Waals surface area contributed by atoms with Gasteiger partial charge in [-0.2, -0.15) is 0 Å². The van der Waals surface area contributed by atoms with E-state index in [-0.39, 0.29) is 11.7 Å². The second kappa shape index (κ2) is 9.92. The molecule has 5 nitrogen and oxygen atoms in total. The molecule has 1 aliphatic heterocycles. The summed E-state index contributed by atoms with van der Waals surface area (Å²) in [4.78, 5) is 25.7. The average Bonchev–Trinajstić information content (AvgIpc) is 3.66. The van der Waals surface area contributed by atoms with Crippen molar-refractivity contribution >= 4 is 22.6 Å². The maximum atomic E-state index is 13.9. The van der Waals surface area contributed by atoms with E-state index in [1.54, 1.807) is 6.20 Å². The minimum atomic E-state index is -0.433. The van der Waals surface area contributed by atoms with Crippen LogP contribution in [-0.2, 0) is 12.0 Å². The van der Waals surface area contributed by atoms with Gasteiger partial charge >= 0.3 is 0 Å². The minimum Gasteiger partial charge on any atom is -0.348 e. The number of aromatic nitrogens is 2. The predicted octanol–water partition coefficient (Wildman–Crippen LogP) is 6.16. The number of amides is 1. The van der Waals surface area contributed by atoms with Gasteiger partial charge < -0.3 is 10.2 Å². The number of anilines is 1. The molecule has 0 bridgehead atoms. The highest BCUT2D eigenvalue weighted by molar-refractivity contribution is 5.96. The van der Waals surface area contributed by atoms with E-state index in [0.717, 1.165) is 79.2 Å². The quantitative estimate of drug-likeness (QED) is 0.349. The maximum absolute atomic E-state index is 13.9. The second-order valence-electron chi connectivity index (χ2n) is 10.2. The van der Waals surface area contributed by atoms with Gasteiger partial charge in [0.1, 0.15) is 5.82 Å². The molecule has 2 aliphatic rings. The number of halogens is 1.